The fourth-order valence-corrected chi connectivity index (χ4v) is 2.68. The van der Waals surface area contributed by atoms with Gasteiger partial charge in [0.2, 0.25) is 5.91 Å². The lowest BCUT2D eigenvalue weighted by Gasteiger charge is -2.07. The number of hydrogen-bond acceptors (Lipinski definition) is 3. The predicted octanol–water partition coefficient (Wildman–Crippen LogP) is 1.46. The standard InChI is InChI=1S/C13H13NO3/c1-2-17-11(15)9-7-13(9)8-5-3-4-6-10(8)14-12(13)16/h3-6,9H,2,7H2,1H3,(H,14,16)/t9-,13+/m0/s1. The highest BCUT2D eigenvalue weighted by Gasteiger charge is 2.68. The number of carbonyl (C=O) groups excluding carboxylic acids is 2. The summed E-state index contributed by atoms with van der Waals surface area (Å²) in [4.78, 5) is 23.7. The second-order valence-corrected chi connectivity index (χ2v) is 4.48. The smallest absolute Gasteiger partial charge is 0.310 e. The van der Waals surface area contributed by atoms with Crippen LogP contribution in [0.1, 0.15) is 18.9 Å². The largest absolute Gasteiger partial charge is 0.466 e. The molecule has 1 saturated carbocycles. The van der Waals surface area contributed by atoms with E-state index in [-0.39, 0.29) is 17.8 Å². The number of benzene rings is 1. The molecule has 1 aromatic rings. The molecule has 4 nitrogen and oxygen atoms in total. The summed E-state index contributed by atoms with van der Waals surface area (Å²) in [7, 11) is 0. The van der Waals surface area contributed by atoms with Crippen molar-refractivity contribution in [2.75, 3.05) is 11.9 Å². The third kappa shape index (κ3) is 1.24. The minimum atomic E-state index is -0.650. The van der Waals surface area contributed by atoms with Gasteiger partial charge in [-0.25, -0.2) is 0 Å². The van der Waals surface area contributed by atoms with Crippen molar-refractivity contribution in [3.63, 3.8) is 0 Å². The van der Waals surface area contributed by atoms with Gasteiger partial charge in [0, 0.05) is 5.69 Å². The summed E-state index contributed by atoms with van der Waals surface area (Å²) in [5.74, 6) is -0.651. The Hall–Kier alpha value is -1.84. The summed E-state index contributed by atoms with van der Waals surface area (Å²) in [5, 5.41) is 2.83. The Morgan fingerprint density at radius 2 is 2.29 bits per heavy atom. The van der Waals surface area contributed by atoms with Crippen molar-refractivity contribution >= 4 is 17.6 Å². The minimum absolute atomic E-state index is 0.0725. The number of nitrogens with one attached hydrogen (secondary N) is 1. The van der Waals surface area contributed by atoms with E-state index < -0.39 is 5.41 Å². The van der Waals surface area contributed by atoms with Crippen molar-refractivity contribution in [2.45, 2.75) is 18.8 Å². The van der Waals surface area contributed by atoms with E-state index in [1.807, 2.05) is 24.3 Å². The van der Waals surface area contributed by atoms with Gasteiger partial charge in [-0.15, -0.1) is 0 Å². The lowest BCUT2D eigenvalue weighted by atomic mass is 9.95. The molecular weight excluding hydrogens is 218 g/mol. The molecule has 2 aliphatic rings. The van der Waals surface area contributed by atoms with Crippen LogP contribution in [-0.2, 0) is 19.7 Å². The first kappa shape index (κ1) is 10.3. The Morgan fingerprint density at radius 3 is 3.06 bits per heavy atom. The van der Waals surface area contributed by atoms with E-state index in [1.165, 1.54) is 0 Å². The molecule has 1 heterocycles. The number of rotatable bonds is 2. The van der Waals surface area contributed by atoms with E-state index in [2.05, 4.69) is 5.32 Å². The Balaban J connectivity index is 1.96. The quantitative estimate of drug-likeness (QED) is 0.784. The normalized spacial score (nSPS) is 28.8. The molecule has 0 bridgehead atoms. The fourth-order valence-electron chi connectivity index (χ4n) is 2.68. The second-order valence-electron chi connectivity index (χ2n) is 4.48. The molecule has 2 atom stereocenters. The number of para-hydroxylation sites is 1. The van der Waals surface area contributed by atoms with Crippen LogP contribution in [0.4, 0.5) is 5.69 Å². The molecule has 1 aliphatic carbocycles. The van der Waals surface area contributed by atoms with Gasteiger partial charge < -0.3 is 10.1 Å². The zero-order valence-corrected chi connectivity index (χ0v) is 9.53. The molecule has 17 heavy (non-hydrogen) atoms. The van der Waals surface area contributed by atoms with Crippen LogP contribution < -0.4 is 5.32 Å². The van der Waals surface area contributed by atoms with Crippen LogP contribution in [-0.4, -0.2) is 18.5 Å². The molecule has 0 unspecified atom stereocenters. The molecule has 0 radical (unpaired) electrons. The van der Waals surface area contributed by atoms with Crippen LogP contribution >= 0.6 is 0 Å². The van der Waals surface area contributed by atoms with Crippen molar-refractivity contribution in [1.82, 2.24) is 0 Å². The zero-order chi connectivity index (χ0) is 12.0. The third-order valence-electron chi connectivity index (χ3n) is 3.59. The van der Waals surface area contributed by atoms with E-state index in [1.54, 1.807) is 6.92 Å². The molecular formula is C13H13NO3. The summed E-state index contributed by atoms with van der Waals surface area (Å²) < 4.78 is 5.00. The lowest BCUT2D eigenvalue weighted by molar-refractivity contribution is -0.146. The highest BCUT2D eigenvalue weighted by molar-refractivity contribution is 6.12. The van der Waals surface area contributed by atoms with Gasteiger partial charge >= 0.3 is 5.97 Å². The number of hydrogen-bond donors (Lipinski definition) is 1. The average Bonchev–Trinajstić information content (AvgIpc) is 3.00. The van der Waals surface area contributed by atoms with Crippen LogP contribution in [0.5, 0.6) is 0 Å². The number of amides is 1. The van der Waals surface area contributed by atoms with Crippen LogP contribution in [0.2, 0.25) is 0 Å². The van der Waals surface area contributed by atoms with Gasteiger partial charge in [0.1, 0.15) is 0 Å². The van der Waals surface area contributed by atoms with E-state index in [9.17, 15) is 9.59 Å². The van der Waals surface area contributed by atoms with E-state index in [4.69, 9.17) is 4.74 Å². The number of anilines is 1. The first-order chi connectivity index (χ1) is 8.20. The van der Waals surface area contributed by atoms with E-state index >= 15 is 0 Å². The Morgan fingerprint density at radius 1 is 1.53 bits per heavy atom. The Labute approximate surface area is 99.0 Å². The Bertz CT molecular complexity index is 511. The highest BCUT2D eigenvalue weighted by Crippen LogP contribution is 2.60. The molecule has 0 saturated heterocycles. The summed E-state index contributed by atoms with van der Waals surface area (Å²) in [6.45, 7) is 2.13. The number of esters is 1. The van der Waals surface area contributed by atoms with Crippen molar-refractivity contribution in [2.24, 2.45) is 5.92 Å². The van der Waals surface area contributed by atoms with Crippen LogP contribution in [0.15, 0.2) is 24.3 Å². The van der Waals surface area contributed by atoms with Gasteiger partial charge in [0.05, 0.1) is 17.9 Å². The van der Waals surface area contributed by atoms with Gasteiger partial charge in [-0.1, -0.05) is 18.2 Å². The lowest BCUT2D eigenvalue weighted by Crippen LogP contribution is -2.25. The second kappa shape index (κ2) is 3.32. The SMILES string of the molecule is CCOC(=O)[C@@H]1C[C@]12C(=O)Nc1ccccc12. The molecule has 1 N–H and O–H groups in total. The van der Waals surface area contributed by atoms with Crippen LogP contribution in [0.3, 0.4) is 0 Å². The molecule has 88 valence electrons. The maximum Gasteiger partial charge on any atom is 0.310 e. The van der Waals surface area contributed by atoms with Crippen LogP contribution in [0.25, 0.3) is 0 Å². The van der Waals surface area contributed by atoms with Gasteiger partial charge in [-0.3, -0.25) is 9.59 Å². The molecule has 1 spiro atoms. The first-order valence-corrected chi connectivity index (χ1v) is 5.77. The molecule has 1 aliphatic heterocycles. The molecule has 1 amide bonds. The summed E-state index contributed by atoms with van der Waals surface area (Å²) in [6, 6.07) is 7.54. The van der Waals surface area contributed by atoms with Crippen molar-refractivity contribution in [3.05, 3.63) is 29.8 Å². The van der Waals surface area contributed by atoms with Gasteiger partial charge in [0.25, 0.3) is 0 Å². The zero-order valence-electron chi connectivity index (χ0n) is 9.53. The van der Waals surface area contributed by atoms with Crippen LogP contribution in [0, 0.1) is 5.92 Å². The number of fused-ring (bicyclic) bond motifs is 2. The molecule has 1 aromatic carbocycles. The fraction of sp³-hybridized carbons (Fsp3) is 0.385. The van der Waals surface area contributed by atoms with Crippen molar-refractivity contribution in [1.29, 1.82) is 0 Å². The first-order valence-electron chi connectivity index (χ1n) is 5.77. The molecule has 0 aromatic heterocycles. The monoisotopic (exact) mass is 231 g/mol. The van der Waals surface area contributed by atoms with Gasteiger partial charge in [0.15, 0.2) is 0 Å². The number of ether oxygens (including phenoxy) is 1. The maximum absolute atomic E-state index is 12.0. The molecule has 4 heteroatoms. The average molecular weight is 231 g/mol. The van der Waals surface area contributed by atoms with Gasteiger partial charge in [-0.2, -0.15) is 0 Å². The third-order valence-corrected chi connectivity index (χ3v) is 3.59. The minimum Gasteiger partial charge on any atom is -0.466 e. The summed E-state index contributed by atoms with van der Waals surface area (Å²) in [6.07, 6.45) is 0.564. The van der Waals surface area contributed by atoms with Crippen molar-refractivity contribution < 1.29 is 14.3 Å². The summed E-state index contributed by atoms with van der Waals surface area (Å²) >= 11 is 0. The predicted molar refractivity (Wildman–Crippen MR) is 61.5 cm³/mol. The molecule has 3 rings (SSSR count). The highest BCUT2D eigenvalue weighted by atomic mass is 16.5. The number of carbonyl (C=O) groups is 2. The topological polar surface area (TPSA) is 55.4 Å². The molecule has 1 fully saturated rings. The Kier molecular flexibility index (Phi) is 2.02. The maximum atomic E-state index is 12.0. The van der Waals surface area contributed by atoms with E-state index in [0.29, 0.717) is 13.0 Å². The van der Waals surface area contributed by atoms with Gasteiger partial charge in [-0.05, 0) is 25.0 Å². The van der Waals surface area contributed by atoms with E-state index in [0.717, 1.165) is 11.3 Å². The van der Waals surface area contributed by atoms with Crippen molar-refractivity contribution in [3.8, 4) is 0 Å². The summed E-state index contributed by atoms with van der Waals surface area (Å²) in [5.41, 5.74) is 1.11.